The molecule has 1 saturated carbocycles. The Labute approximate surface area is 115 Å². The summed E-state index contributed by atoms with van der Waals surface area (Å²) in [7, 11) is 0. The van der Waals surface area contributed by atoms with E-state index in [0.29, 0.717) is 12.6 Å². The molecule has 3 unspecified atom stereocenters. The normalized spacial score (nSPS) is 31.1. The molecule has 1 saturated heterocycles. The summed E-state index contributed by atoms with van der Waals surface area (Å²) < 4.78 is 0. The molecule has 1 aromatic rings. The molecule has 3 heteroatoms. The topological polar surface area (TPSA) is 32.3 Å². The van der Waals surface area contributed by atoms with Gasteiger partial charge < -0.3 is 4.90 Å². The van der Waals surface area contributed by atoms with Crippen LogP contribution >= 0.6 is 0 Å². The number of rotatable bonds is 3. The van der Waals surface area contributed by atoms with Crippen molar-refractivity contribution >= 4 is 5.91 Å². The summed E-state index contributed by atoms with van der Waals surface area (Å²) >= 11 is 0. The lowest BCUT2D eigenvalue weighted by molar-refractivity contribution is -0.129. The van der Waals surface area contributed by atoms with Crippen molar-refractivity contribution < 1.29 is 4.79 Å². The summed E-state index contributed by atoms with van der Waals surface area (Å²) in [5.74, 6) is 1.70. The summed E-state index contributed by atoms with van der Waals surface area (Å²) in [6, 6.07) is 9.88. The second-order valence-electron chi connectivity index (χ2n) is 5.93. The lowest BCUT2D eigenvalue weighted by atomic mass is 9.97. The molecule has 3 nitrogen and oxygen atoms in total. The van der Waals surface area contributed by atoms with Gasteiger partial charge in [0.15, 0.2) is 0 Å². The first-order valence-corrected chi connectivity index (χ1v) is 7.33. The van der Waals surface area contributed by atoms with Crippen LogP contribution in [0.15, 0.2) is 30.3 Å². The molecule has 2 aliphatic rings. The molecule has 1 aromatic carbocycles. The lowest BCUT2D eigenvalue weighted by Crippen LogP contribution is -2.33. The minimum absolute atomic E-state index is 0.141. The molecule has 0 spiro atoms. The highest BCUT2D eigenvalue weighted by Crippen LogP contribution is 2.33. The molecule has 2 fully saturated rings. The molecule has 0 radical (unpaired) electrons. The average Bonchev–Trinajstić information content (AvgIpc) is 2.99. The maximum absolute atomic E-state index is 12.5. The van der Waals surface area contributed by atoms with Crippen molar-refractivity contribution in [2.75, 3.05) is 13.2 Å². The van der Waals surface area contributed by atoms with Crippen LogP contribution in [-0.4, -0.2) is 24.0 Å². The van der Waals surface area contributed by atoms with Crippen molar-refractivity contribution in [1.82, 2.24) is 10.2 Å². The highest BCUT2D eigenvalue weighted by Gasteiger charge is 2.35. The molecule has 1 aliphatic carbocycles. The molecule has 1 heterocycles. The predicted molar refractivity (Wildman–Crippen MR) is 75.4 cm³/mol. The summed E-state index contributed by atoms with van der Waals surface area (Å²) in [6.45, 7) is 3.94. The summed E-state index contributed by atoms with van der Waals surface area (Å²) in [6.07, 6.45) is 3.92. The van der Waals surface area contributed by atoms with Gasteiger partial charge in [0.1, 0.15) is 6.04 Å². The summed E-state index contributed by atoms with van der Waals surface area (Å²) in [5, 5.41) is 3.34. The SMILES string of the molecule is CC1CCCC1CN1CNC(c2ccccc2)C1=O. The van der Waals surface area contributed by atoms with Crippen molar-refractivity contribution in [3.05, 3.63) is 35.9 Å². The van der Waals surface area contributed by atoms with E-state index in [1.54, 1.807) is 0 Å². The van der Waals surface area contributed by atoms with Crippen molar-refractivity contribution in [2.45, 2.75) is 32.2 Å². The minimum atomic E-state index is -0.141. The first kappa shape index (κ1) is 12.7. The van der Waals surface area contributed by atoms with E-state index in [9.17, 15) is 4.79 Å². The Morgan fingerprint density at radius 1 is 1.26 bits per heavy atom. The zero-order chi connectivity index (χ0) is 13.2. The summed E-state index contributed by atoms with van der Waals surface area (Å²) in [4.78, 5) is 14.5. The van der Waals surface area contributed by atoms with E-state index in [2.05, 4.69) is 12.2 Å². The quantitative estimate of drug-likeness (QED) is 0.903. The van der Waals surface area contributed by atoms with Gasteiger partial charge in [0.25, 0.3) is 0 Å². The van der Waals surface area contributed by atoms with E-state index in [1.807, 2.05) is 35.2 Å². The number of amides is 1. The zero-order valence-corrected chi connectivity index (χ0v) is 11.5. The van der Waals surface area contributed by atoms with Crippen molar-refractivity contribution in [1.29, 1.82) is 0 Å². The van der Waals surface area contributed by atoms with Crippen LogP contribution in [0.5, 0.6) is 0 Å². The molecular formula is C16H22N2O. The van der Waals surface area contributed by atoms with Crippen LogP contribution in [0.25, 0.3) is 0 Å². The van der Waals surface area contributed by atoms with Crippen LogP contribution < -0.4 is 5.32 Å². The monoisotopic (exact) mass is 258 g/mol. The van der Waals surface area contributed by atoms with E-state index in [1.165, 1.54) is 19.3 Å². The number of nitrogens with zero attached hydrogens (tertiary/aromatic N) is 1. The summed E-state index contributed by atoms with van der Waals surface area (Å²) in [5.41, 5.74) is 1.08. The molecule has 0 bridgehead atoms. The van der Waals surface area contributed by atoms with Gasteiger partial charge in [0.2, 0.25) is 5.91 Å². The van der Waals surface area contributed by atoms with E-state index in [0.717, 1.165) is 18.0 Å². The number of carbonyl (C=O) groups excluding carboxylic acids is 1. The Balaban J connectivity index is 1.65. The van der Waals surface area contributed by atoms with E-state index < -0.39 is 0 Å². The standard InChI is InChI=1S/C16H22N2O/c1-12-6-5-9-14(12)10-18-11-17-15(16(18)19)13-7-3-2-4-8-13/h2-4,7-8,12,14-15,17H,5-6,9-11H2,1H3. The Kier molecular flexibility index (Phi) is 3.56. The third kappa shape index (κ3) is 2.52. The van der Waals surface area contributed by atoms with Gasteiger partial charge in [0, 0.05) is 6.54 Å². The zero-order valence-electron chi connectivity index (χ0n) is 11.5. The van der Waals surface area contributed by atoms with Crippen LogP contribution in [0.4, 0.5) is 0 Å². The molecule has 1 amide bonds. The highest BCUT2D eigenvalue weighted by atomic mass is 16.2. The van der Waals surface area contributed by atoms with Gasteiger partial charge in [-0.25, -0.2) is 0 Å². The molecule has 1 N–H and O–H groups in total. The molecule has 102 valence electrons. The Bertz CT molecular complexity index is 445. The number of hydrogen-bond acceptors (Lipinski definition) is 2. The first-order chi connectivity index (χ1) is 9.25. The van der Waals surface area contributed by atoms with Gasteiger partial charge in [-0.2, -0.15) is 0 Å². The largest absolute Gasteiger partial charge is 0.328 e. The van der Waals surface area contributed by atoms with Crippen LogP contribution in [0.3, 0.4) is 0 Å². The second kappa shape index (κ2) is 5.33. The van der Waals surface area contributed by atoms with Gasteiger partial charge >= 0.3 is 0 Å². The number of nitrogens with one attached hydrogen (secondary N) is 1. The van der Waals surface area contributed by atoms with Gasteiger partial charge in [0.05, 0.1) is 6.67 Å². The molecule has 3 rings (SSSR count). The Morgan fingerprint density at radius 3 is 2.74 bits per heavy atom. The Hall–Kier alpha value is -1.35. The van der Waals surface area contributed by atoms with Gasteiger partial charge in [-0.1, -0.05) is 50.1 Å². The number of carbonyl (C=O) groups is 1. The maximum atomic E-state index is 12.5. The van der Waals surface area contributed by atoms with Gasteiger partial charge in [-0.3, -0.25) is 10.1 Å². The van der Waals surface area contributed by atoms with Crippen LogP contribution in [0.1, 0.15) is 37.8 Å². The fourth-order valence-electron chi connectivity index (χ4n) is 3.39. The Morgan fingerprint density at radius 2 is 2.05 bits per heavy atom. The van der Waals surface area contributed by atoms with Gasteiger partial charge in [-0.15, -0.1) is 0 Å². The molecule has 1 aliphatic heterocycles. The maximum Gasteiger partial charge on any atom is 0.245 e. The first-order valence-electron chi connectivity index (χ1n) is 7.33. The molecular weight excluding hydrogens is 236 g/mol. The average molecular weight is 258 g/mol. The molecule has 3 atom stereocenters. The van der Waals surface area contributed by atoms with Crippen LogP contribution in [0.2, 0.25) is 0 Å². The smallest absolute Gasteiger partial charge is 0.245 e. The molecule has 0 aromatic heterocycles. The van der Waals surface area contributed by atoms with Crippen LogP contribution in [-0.2, 0) is 4.79 Å². The second-order valence-corrected chi connectivity index (χ2v) is 5.93. The predicted octanol–water partition coefficient (Wildman–Crippen LogP) is 2.55. The van der Waals surface area contributed by atoms with Crippen molar-refractivity contribution in [3.8, 4) is 0 Å². The molecule has 19 heavy (non-hydrogen) atoms. The van der Waals surface area contributed by atoms with E-state index in [-0.39, 0.29) is 11.9 Å². The number of benzene rings is 1. The van der Waals surface area contributed by atoms with E-state index >= 15 is 0 Å². The minimum Gasteiger partial charge on any atom is -0.328 e. The van der Waals surface area contributed by atoms with Gasteiger partial charge in [-0.05, 0) is 23.8 Å². The third-order valence-electron chi connectivity index (χ3n) is 4.67. The fourth-order valence-corrected chi connectivity index (χ4v) is 3.39. The van der Waals surface area contributed by atoms with E-state index in [4.69, 9.17) is 0 Å². The van der Waals surface area contributed by atoms with Crippen molar-refractivity contribution in [3.63, 3.8) is 0 Å². The highest BCUT2D eigenvalue weighted by molar-refractivity contribution is 5.85. The lowest BCUT2D eigenvalue weighted by Gasteiger charge is -2.23. The van der Waals surface area contributed by atoms with Crippen molar-refractivity contribution in [2.24, 2.45) is 11.8 Å². The fraction of sp³-hybridized carbons (Fsp3) is 0.562. The van der Waals surface area contributed by atoms with Crippen LogP contribution in [0, 0.1) is 11.8 Å². The third-order valence-corrected chi connectivity index (χ3v) is 4.67. The number of hydrogen-bond donors (Lipinski definition) is 1.